The highest BCUT2D eigenvalue weighted by Gasteiger charge is 2.08. The fourth-order valence-electron chi connectivity index (χ4n) is 1.56. The highest BCUT2D eigenvalue weighted by Crippen LogP contribution is 2.17. The second-order valence-electron chi connectivity index (χ2n) is 3.54. The van der Waals surface area contributed by atoms with E-state index in [1.165, 1.54) is 11.1 Å². The molecule has 0 heterocycles. The largest absolute Gasteiger partial charge is 0.396 e. The van der Waals surface area contributed by atoms with E-state index in [9.17, 15) is 0 Å². The molecule has 0 saturated heterocycles. The fraction of sp³-hybridized carbons (Fsp3) is 0.455. The maximum absolute atomic E-state index is 9.08. The van der Waals surface area contributed by atoms with Crippen LogP contribution in [0.4, 0.5) is 0 Å². The Balaban J connectivity index is 2.99. The van der Waals surface area contributed by atoms with E-state index in [0.29, 0.717) is 6.54 Å². The number of rotatable bonds is 3. The predicted molar refractivity (Wildman–Crippen MR) is 54.8 cm³/mol. The highest BCUT2D eigenvalue weighted by atomic mass is 16.3. The van der Waals surface area contributed by atoms with Crippen molar-refractivity contribution in [2.75, 3.05) is 13.2 Å². The average Bonchev–Trinajstić information content (AvgIpc) is 2.04. The number of nitrogens with two attached hydrogens (primary N) is 1. The van der Waals surface area contributed by atoms with Crippen molar-refractivity contribution in [3.63, 3.8) is 0 Å². The van der Waals surface area contributed by atoms with Crippen LogP contribution in [0.1, 0.15) is 22.6 Å². The van der Waals surface area contributed by atoms with E-state index in [2.05, 4.69) is 32.0 Å². The predicted octanol–water partition coefficient (Wildman–Crippen LogP) is 1.34. The Bertz CT molecular complexity index is 259. The van der Waals surface area contributed by atoms with Crippen molar-refractivity contribution < 1.29 is 5.11 Å². The van der Waals surface area contributed by atoms with Crippen molar-refractivity contribution in [1.29, 1.82) is 0 Å². The molecule has 72 valence electrons. The summed E-state index contributed by atoms with van der Waals surface area (Å²) in [6.07, 6.45) is 0. The first kappa shape index (κ1) is 10.2. The standard InChI is InChI=1S/C11H17NO/c1-8-3-9(2)5-10(4-8)11(6-12)7-13/h3-5,11,13H,6-7,12H2,1-2H3. The lowest BCUT2D eigenvalue weighted by Gasteiger charge is -2.13. The zero-order chi connectivity index (χ0) is 9.84. The molecule has 0 radical (unpaired) electrons. The quantitative estimate of drug-likeness (QED) is 0.735. The van der Waals surface area contributed by atoms with Crippen LogP contribution in [0.5, 0.6) is 0 Å². The molecule has 1 rings (SSSR count). The molecule has 0 aromatic heterocycles. The lowest BCUT2D eigenvalue weighted by atomic mass is 9.96. The monoisotopic (exact) mass is 179 g/mol. The topological polar surface area (TPSA) is 46.2 Å². The Morgan fingerprint density at radius 2 is 1.77 bits per heavy atom. The lowest BCUT2D eigenvalue weighted by Crippen LogP contribution is -2.16. The van der Waals surface area contributed by atoms with E-state index in [0.717, 1.165) is 5.56 Å². The number of hydrogen-bond donors (Lipinski definition) is 2. The highest BCUT2D eigenvalue weighted by molar-refractivity contribution is 5.31. The van der Waals surface area contributed by atoms with Gasteiger partial charge in [-0.3, -0.25) is 0 Å². The molecule has 0 saturated carbocycles. The molecular weight excluding hydrogens is 162 g/mol. The molecule has 1 atom stereocenters. The van der Waals surface area contributed by atoms with Crippen LogP contribution in [-0.2, 0) is 0 Å². The Hall–Kier alpha value is -0.860. The van der Waals surface area contributed by atoms with Gasteiger partial charge >= 0.3 is 0 Å². The third kappa shape index (κ3) is 2.54. The first-order chi connectivity index (χ1) is 6.17. The number of benzene rings is 1. The molecule has 0 aliphatic heterocycles. The van der Waals surface area contributed by atoms with E-state index in [4.69, 9.17) is 10.8 Å². The molecule has 0 fully saturated rings. The van der Waals surface area contributed by atoms with Crippen LogP contribution in [0, 0.1) is 13.8 Å². The zero-order valence-corrected chi connectivity index (χ0v) is 8.25. The Labute approximate surface area is 79.4 Å². The van der Waals surface area contributed by atoms with Gasteiger partial charge in [-0.25, -0.2) is 0 Å². The summed E-state index contributed by atoms with van der Waals surface area (Å²) in [6.45, 7) is 4.74. The molecule has 0 spiro atoms. The second-order valence-corrected chi connectivity index (χ2v) is 3.54. The van der Waals surface area contributed by atoms with E-state index in [-0.39, 0.29) is 12.5 Å². The van der Waals surface area contributed by atoms with Crippen molar-refractivity contribution in [3.05, 3.63) is 34.9 Å². The van der Waals surface area contributed by atoms with E-state index in [1.54, 1.807) is 0 Å². The van der Waals surface area contributed by atoms with Crippen LogP contribution in [0.2, 0.25) is 0 Å². The number of aliphatic hydroxyl groups excluding tert-OH is 1. The lowest BCUT2D eigenvalue weighted by molar-refractivity contribution is 0.268. The van der Waals surface area contributed by atoms with E-state index in [1.807, 2.05) is 0 Å². The van der Waals surface area contributed by atoms with E-state index >= 15 is 0 Å². The minimum atomic E-state index is 0.0820. The van der Waals surface area contributed by atoms with Crippen LogP contribution in [0.3, 0.4) is 0 Å². The number of aliphatic hydroxyl groups is 1. The summed E-state index contributed by atoms with van der Waals surface area (Å²) in [5, 5.41) is 9.08. The summed E-state index contributed by atoms with van der Waals surface area (Å²) < 4.78 is 0. The normalized spacial score (nSPS) is 12.9. The van der Waals surface area contributed by atoms with Crippen molar-refractivity contribution in [2.24, 2.45) is 5.73 Å². The van der Waals surface area contributed by atoms with Gasteiger partial charge < -0.3 is 10.8 Å². The third-order valence-corrected chi connectivity index (χ3v) is 2.22. The van der Waals surface area contributed by atoms with Gasteiger partial charge in [-0.1, -0.05) is 29.3 Å². The summed E-state index contributed by atoms with van der Waals surface area (Å²) in [5.41, 5.74) is 9.14. The molecule has 0 aliphatic rings. The maximum atomic E-state index is 9.08. The fourth-order valence-corrected chi connectivity index (χ4v) is 1.56. The van der Waals surface area contributed by atoms with Crippen molar-refractivity contribution in [1.82, 2.24) is 0 Å². The first-order valence-electron chi connectivity index (χ1n) is 4.56. The minimum absolute atomic E-state index is 0.0820. The van der Waals surface area contributed by atoms with Gasteiger partial charge in [0.05, 0.1) is 6.61 Å². The van der Waals surface area contributed by atoms with Crippen LogP contribution < -0.4 is 5.73 Å². The van der Waals surface area contributed by atoms with Crippen molar-refractivity contribution >= 4 is 0 Å². The van der Waals surface area contributed by atoms with Crippen LogP contribution in [-0.4, -0.2) is 18.3 Å². The summed E-state index contributed by atoms with van der Waals surface area (Å²) in [5.74, 6) is 0.0820. The molecule has 0 amide bonds. The van der Waals surface area contributed by atoms with Gasteiger partial charge in [0.15, 0.2) is 0 Å². The van der Waals surface area contributed by atoms with Crippen molar-refractivity contribution in [2.45, 2.75) is 19.8 Å². The summed E-state index contributed by atoms with van der Waals surface area (Å²) in [7, 11) is 0. The molecule has 2 heteroatoms. The number of hydrogen-bond acceptors (Lipinski definition) is 2. The maximum Gasteiger partial charge on any atom is 0.0511 e. The van der Waals surface area contributed by atoms with Crippen LogP contribution in [0.15, 0.2) is 18.2 Å². The molecule has 1 aromatic rings. The minimum Gasteiger partial charge on any atom is -0.396 e. The molecule has 2 nitrogen and oxygen atoms in total. The van der Waals surface area contributed by atoms with Crippen molar-refractivity contribution in [3.8, 4) is 0 Å². The third-order valence-electron chi connectivity index (χ3n) is 2.22. The van der Waals surface area contributed by atoms with Crippen LogP contribution >= 0.6 is 0 Å². The van der Waals surface area contributed by atoms with Crippen LogP contribution in [0.25, 0.3) is 0 Å². The van der Waals surface area contributed by atoms with Gasteiger partial charge in [0.25, 0.3) is 0 Å². The number of aryl methyl sites for hydroxylation is 2. The molecule has 3 N–H and O–H groups in total. The van der Waals surface area contributed by atoms with Gasteiger partial charge in [0, 0.05) is 12.5 Å². The molecule has 1 unspecified atom stereocenters. The SMILES string of the molecule is Cc1cc(C)cc(C(CN)CO)c1. The summed E-state index contributed by atoms with van der Waals surface area (Å²) in [4.78, 5) is 0. The molecule has 0 bridgehead atoms. The zero-order valence-electron chi connectivity index (χ0n) is 8.25. The Morgan fingerprint density at radius 3 is 2.15 bits per heavy atom. The van der Waals surface area contributed by atoms with Gasteiger partial charge in [-0.15, -0.1) is 0 Å². The summed E-state index contributed by atoms with van der Waals surface area (Å²) in [6, 6.07) is 6.29. The molecule has 1 aromatic carbocycles. The molecule has 0 aliphatic carbocycles. The molecule has 13 heavy (non-hydrogen) atoms. The second kappa shape index (κ2) is 4.40. The average molecular weight is 179 g/mol. The van der Waals surface area contributed by atoms with Gasteiger partial charge in [-0.05, 0) is 19.4 Å². The van der Waals surface area contributed by atoms with Gasteiger partial charge in [0.1, 0.15) is 0 Å². The first-order valence-corrected chi connectivity index (χ1v) is 4.56. The summed E-state index contributed by atoms with van der Waals surface area (Å²) >= 11 is 0. The van der Waals surface area contributed by atoms with Gasteiger partial charge in [0.2, 0.25) is 0 Å². The Kier molecular flexibility index (Phi) is 3.46. The van der Waals surface area contributed by atoms with Gasteiger partial charge in [-0.2, -0.15) is 0 Å². The van der Waals surface area contributed by atoms with E-state index < -0.39 is 0 Å². The smallest absolute Gasteiger partial charge is 0.0511 e. The molecular formula is C11H17NO. The Morgan fingerprint density at radius 1 is 1.23 bits per heavy atom.